The highest BCUT2D eigenvalue weighted by atomic mass is 79.9. The highest BCUT2D eigenvalue weighted by Gasteiger charge is 2.30. The van der Waals surface area contributed by atoms with Crippen LogP contribution in [0.5, 0.6) is 0 Å². The van der Waals surface area contributed by atoms with Crippen molar-refractivity contribution in [3.8, 4) is 0 Å². The van der Waals surface area contributed by atoms with E-state index in [9.17, 15) is 9.59 Å². The molecule has 0 saturated heterocycles. The molecule has 0 saturated carbocycles. The molecule has 0 spiro atoms. The first-order chi connectivity index (χ1) is 24.4. The van der Waals surface area contributed by atoms with E-state index in [1.165, 1.54) is 103 Å². The topological polar surface area (TPSA) is 43.0 Å². The average molecular weight is 815 g/mol. The van der Waals surface area contributed by atoms with Crippen LogP contribution in [0.25, 0.3) is 21.8 Å². The van der Waals surface area contributed by atoms with Gasteiger partial charge >= 0.3 is 0 Å². The number of hydrogen-bond acceptors (Lipinski definition) is 2. The first kappa shape index (κ1) is 41.1. The quantitative estimate of drug-likeness (QED) is 0.0593. The standard InChI is InChI=1S/C44H66Br2N2O2/c1-5-9-13-17-19-23-27-33(25-21-15-11-7-3)39-35-29-31-37(45)47(35)44(50)42-40(36-30-32-38(46)48(36)43(49)41(39)42)34(26-22-16-12-8-4)28-24-20-18-14-10-6-2/h29-34H,5-28H2,1-4H3. The van der Waals surface area contributed by atoms with E-state index in [1.807, 2.05) is 20.9 Å². The van der Waals surface area contributed by atoms with Gasteiger partial charge in [0.05, 0.1) is 31.0 Å². The van der Waals surface area contributed by atoms with Crippen molar-refractivity contribution >= 4 is 53.7 Å². The molecule has 2 atom stereocenters. The van der Waals surface area contributed by atoms with E-state index in [0.29, 0.717) is 10.8 Å². The lowest BCUT2D eigenvalue weighted by Crippen LogP contribution is -2.26. The van der Waals surface area contributed by atoms with Crippen molar-refractivity contribution in [3.63, 3.8) is 0 Å². The molecule has 0 amide bonds. The maximum Gasteiger partial charge on any atom is 0.264 e. The second-order valence-electron chi connectivity index (χ2n) is 15.1. The van der Waals surface area contributed by atoms with Crippen molar-refractivity contribution < 1.29 is 0 Å². The molecule has 4 aromatic rings. The summed E-state index contributed by atoms with van der Waals surface area (Å²) in [6.07, 6.45) is 28.9. The molecule has 0 aliphatic heterocycles. The normalized spacial score (nSPS) is 13.3. The van der Waals surface area contributed by atoms with Crippen LogP contribution in [0.4, 0.5) is 0 Å². The van der Waals surface area contributed by atoms with Gasteiger partial charge in [0.25, 0.3) is 11.1 Å². The summed E-state index contributed by atoms with van der Waals surface area (Å²) in [4.78, 5) is 29.9. The summed E-state index contributed by atoms with van der Waals surface area (Å²) in [7, 11) is 0. The smallest absolute Gasteiger partial charge is 0.264 e. The number of pyridine rings is 2. The van der Waals surface area contributed by atoms with Crippen LogP contribution >= 0.6 is 31.9 Å². The van der Waals surface area contributed by atoms with E-state index in [0.717, 1.165) is 82.7 Å². The minimum Gasteiger partial charge on any atom is -0.270 e. The number of nitrogens with zero attached hydrogens (tertiary/aromatic N) is 2. The minimum absolute atomic E-state index is 0.0339. The van der Waals surface area contributed by atoms with E-state index >= 15 is 0 Å². The highest BCUT2D eigenvalue weighted by Crippen LogP contribution is 2.41. The van der Waals surface area contributed by atoms with Crippen molar-refractivity contribution in [2.75, 3.05) is 0 Å². The van der Waals surface area contributed by atoms with Gasteiger partial charge in [0.15, 0.2) is 0 Å². The zero-order chi connectivity index (χ0) is 35.9. The Balaban J connectivity index is 1.94. The summed E-state index contributed by atoms with van der Waals surface area (Å²) in [6.45, 7) is 9.09. The second-order valence-corrected chi connectivity index (χ2v) is 16.8. The van der Waals surface area contributed by atoms with Crippen molar-refractivity contribution in [3.05, 3.63) is 65.3 Å². The van der Waals surface area contributed by atoms with Gasteiger partial charge in [-0.05, 0) is 105 Å². The molecule has 278 valence electrons. The summed E-state index contributed by atoms with van der Waals surface area (Å²) in [5.41, 5.74) is 4.01. The first-order valence-electron chi connectivity index (χ1n) is 20.7. The van der Waals surface area contributed by atoms with E-state index in [4.69, 9.17) is 0 Å². The fourth-order valence-electron chi connectivity index (χ4n) is 8.52. The first-order valence-corrected chi connectivity index (χ1v) is 22.3. The zero-order valence-electron chi connectivity index (χ0n) is 31.9. The predicted octanol–water partition coefficient (Wildman–Crippen LogP) is 14.6. The lowest BCUT2D eigenvalue weighted by Gasteiger charge is -2.25. The van der Waals surface area contributed by atoms with E-state index in [-0.39, 0.29) is 23.0 Å². The minimum atomic E-state index is -0.0339. The van der Waals surface area contributed by atoms with Crippen molar-refractivity contribution in [1.29, 1.82) is 0 Å². The number of halogens is 2. The van der Waals surface area contributed by atoms with Crippen LogP contribution in [0.2, 0.25) is 0 Å². The molecular weight excluding hydrogens is 748 g/mol. The summed E-state index contributed by atoms with van der Waals surface area (Å²) >= 11 is 7.57. The van der Waals surface area contributed by atoms with Gasteiger partial charge in [0.2, 0.25) is 0 Å². The van der Waals surface area contributed by atoms with Gasteiger partial charge in [-0.25, -0.2) is 0 Å². The molecule has 50 heavy (non-hydrogen) atoms. The third-order valence-electron chi connectivity index (χ3n) is 11.3. The number of unbranched alkanes of at least 4 members (excludes halogenated alkanes) is 16. The van der Waals surface area contributed by atoms with Crippen LogP contribution in [-0.2, 0) is 0 Å². The maximum absolute atomic E-state index is 14.9. The largest absolute Gasteiger partial charge is 0.270 e. The van der Waals surface area contributed by atoms with Gasteiger partial charge in [0.1, 0.15) is 0 Å². The Bertz CT molecular complexity index is 1580. The Morgan fingerprint density at radius 3 is 1.04 bits per heavy atom. The van der Waals surface area contributed by atoms with Crippen molar-refractivity contribution in [2.24, 2.45) is 0 Å². The average Bonchev–Trinajstić information content (AvgIpc) is 3.70. The number of hydrogen-bond donors (Lipinski definition) is 0. The lowest BCUT2D eigenvalue weighted by molar-refractivity contribution is 0.492. The Labute approximate surface area is 319 Å². The van der Waals surface area contributed by atoms with Gasteiger partial charge in [0, 0.05) is 0 Å². The molecule has 6 heteroatoms. The molecule has 4 aromatic heterocycles. The van der Waals surface area contributed by atoms with Gasteiger partial charge in [-0.3, -0.25) is 18.4 Å². The maximum atomic E-state index is 14.9. The summed E-state index contributed by atoms with van der Waals surface area (Å²) in [6, 6.07) is 8.22. The van der Waals surface area contributed by atoms with E-state index < -0.39 is 0 Å². The van der Waals surface area contributed by atoms with Gasteiger partial charge in [-0.1, -0.05) is 156 Å². The SMILES string of the molecule is CCCCCCCCC(CCCCCC)c1c2c(=O)n3c(Br)ccc3c(C(CCCCCC)CCCCCCCC)c2c(=O)n2c(Br)ccc12. The van der Waals surface area contributed by atoms with Crippen LogP contribution in [0.1, 0.15) is 205 Å². The third-order valence-corrected chi connectivity index (χ3v) is 12.5. The Morgan fingerprint density at radius 1 is 0.440 bits per heavy atom. The van der Waals surface area contributed by atoms with Crippen molar-refractivity contribution in [1.82, 2.24) is 8.80 Å². The van der Waals surface area contributed by atoms with Crippen LogP contribution in [0, 0.1) is 0 Å². The Hall–Kier alpha value is -1.66. The summed E-state index contributed by atoms with van der Waals surface area (Å²) < 4.78 is 5.37. The molecule has 2 unspecified atom stereocenters. The highest BCUT2D eigenvalue weighted by molar-refractivity contribution is 9.10. The van der Waals surface area contributed by atoms with Crippen molar-refractivity contribution in [2.45, 2.75) is 194 Å². The monoisotopic (exact) mass is 812 g/mol. The Kier molecular flexibility index (Phi) is 17.9. The molecule has 0 aliphatic carbocycles. The van der Waals surface area contributed by atoms with Gasteiger partial charge in [-0.2, -0.15) is 0 Å². The summed E-state index contributed by atoms with van der Waals surface area (Å²) in [5.74, 6) is 0.471. The zero-order valence-corrected chi connectivity index (χ0v) is 35.1. The van der Waals surface area contributed by atoms with Gasteiger partial charge in [-0.15, -0.1) is 0 Å². The number of aromatic nitrogens is 2. The summed E-state index contributed by atoms with van der Waals surface area (Å²) in [5, 5.41) is 1.39. The molecule has 4 nitrogen and oxygen atoms in total. The predicted molar refractivity (Wildman–Crippen MR) is 224 cm³/mol. The van der Waals surface area contributed by atoms with Crippen LogP contribution in [-0.4, -0.2) is 8.80 Å². The molecular formula is C44H66Br2N2O2. The van der Waals surface area contributed by atoms with E-state index in [2.05, 4.69) is 71.7 Å². The molecule has 0 fully saturated rings. The molecule has 0 N–H and O–H groups in total. The molecule has 4 rings (SSSR count). The third kappa shape index (κ3) is 10.3. The molecule has 0 radical (unpaired) electrons. The molecule has 0 bridgehead atoms. The van der Waals surface area contributed by atoms with Crippen LogP contribution < -0.4 is 11.1 Å². The Morgan fingerprint density at radius 2 is 0.720 bits per heavy atom. The molecule has 0 aliphatic rings. The molecule has 4 heterocycles. The lowest BCUT2D eigenvalue weighted by atomic mass is 9.82. The number of fused-ring (bicyclic) bond motifs is 3. The fraction of sp³-hybridized carbons (Fsp3) is 0.682. The van der Waals surface area contributed by atoms with Crippen LogP contribution in [0.3, 0.4) is 0 Å². The van der Waals surface area contributed by atoms with Crippen LogP contribution in [0.15, 0.2) is 43.1 Å². The van der Waals surface area contributed by atoms with E-state index in [1.54, 1.807) is 0 Å². The number of rotatable bonds is 26. The van der Waals surface area contributed by atoms with Gasteiger partial charge < -0.3 is 0 Å². The second kappa shape index (κ2) is 21.8. The molecule has 0 aromatic carbocycles. The fourth-order valence-corrected chi connectivity index (χ4v) is 9.49.